The fourth-order valence-electron chi connectivity index (χ4n) is 2.32. The van der Waals surface area contributed by atoms with Crippen molar-refractivity contribution in [3.8, 4) is 0 Å². The van der Waals surface area contributed by atoms with Gasteiger partial charge < -0.3 is 9.88 Å². The van der Waals surface area contributed by atoms with Crippen LogP contribution in [-0.4, -0.2) is 26.3 Å². The minimum Gasteiger partial charge on any atom is -0.350 e. The van der Waals surface area contributed by atoms with E-state index in [1.165, 1.54) is 12.1 Å². The Morgan fingerprint density at radius 1 is 1.47 bits per heavy atom. The summed E-state index contributed by atoms with van der Waals surface area (Å²) in [5.41, 5.74) is 1.36. The number of aromatic nitrogens is 1. The topological polar surface area (TPSA) is 34.0 Å². The van der Waals surface area contributed by atoms with Crippen LogP contribution in [0.3, 0.4) is 0 Å². The lowest BCUT2D eigenvalue weighted by atomic mass is 10.1. The van der Waals surface area contributed by atoms with Crippen LogP contribution in [0.5, 0.6) is 0 Å². The standard InChI is InChI=1S/C13H22N2OS/c1-2-7-15-8-3-4-13(15)11-14-12-5-9-17(16)10-6-12/h3-4,8,12,14H,2,5-7,9-11H2,1H3. The van der Waals surface area contributed by atoms with Gasteiger partial charge in [0.25, 0.3) is 0 Å². The monoisotopic (exact) mass is 254 g/mol. The first-order valence-electron chi connectivity index (χ1n) is 6.52. The van der Waals surface area contributed by atoms with E-state index in [0.717, 1.165) is 37.4 Å². The van der Waals surface area contributed by atoms with Crippen LogP contribution in [0.2, 0.25) is 0 Å². The quantitative estimate of drug-likeness (QED) is 0.871. The predicted molar refractivity (Wildman–Crippen MR) is 72.5 cm³/mol. The maximum atomic E-state index is 11.3. The molecule has 0 atom stereocenters. The molecule has 1 aromatic heterocycles. The normalized spacial score (nSPS) is 25.0. The third-order valence-electron chi connectivity index (χ3n) is 3.35. The van der Waals surface area contributed by atoms with Gasteiger partial charge in [-0.3, -0.25) is 4.21 Å². The summed E-state index contributed by atoms with van der Waals surface area (Å²) in [5.74, 6) is 1.74. The molecule has 1 aliphatic heterocycles. The van der Waals surface area contributed by atoms with Crippen LogP contribution in [0.25, 0.3) is 0 Å². The van der Waals surface area contributed by atoms with Gasteiger partial charge in [0.15, 0.2) is 0 Å². The van der Waals surface area contributed by atoms with E-state index in [1.807, 2.05) is 0 Å². The van der Waals surface area contributed by atoms with Crippen molar-refractivity contribution in [1.82, 2.24) is 9.88 Å². The van der Waals surface area contributed by atoms with Crippen molar-refractivity contribution < 1.29 is 4.21 Å². The van der Waals surface area contributed by atoms with Gasteiger partial charge >= 0.3 is 0 Å². The molecule has 1 aliphatic rings. The van der Waals surface area contributed by atoms with Crippen molar-refractivity contribution in [3.63, 3.8) is 0 Å². The molecular weight excluding hydrogens is 232 g/mol. The molecule has 96 valence electrons. The van der Waals surface area contributed by atoms with Crippen molar-refractivity contribution in [2.24, 2.45) is 0 Å². The van der Waals surface area contributed by atoms with Gasteiger partial charge in [0.2, 0.25) is 0 Å². The summed E-state index contributed by atoms with van der Waals surface area (Å²) < 4.78 is 13.6. The lowest BCUT2D eigenvalue weighted by Crippen LogP contribution is -2.35. The minimum absolute atomic E-state index is 0.553. The molecule has 0 unspecified atom stereocenters. The van der Waals surface area contributed by atoms with E-state index in [1.54, 1.807) is 0 Å². The second-order valence-electron chi connectivity index (χ2n) is 4.70. The summed E-state index contributed by atoms with van der Waals surface area (Å²) in [6, 6.07) is 4.85. The fraction of sp³-hybridized carbons (Fsp3) is 0.692. The van der Waals surface area contributed by atoms with Gasteiger partial charge in [-0.1, -0.05) is 6.92 Å². The molecular formula is C13H22N2OS. The Bertz CT molecular complexity index is 365. The largest absolute Gasteiger partial charge is 0.350 e. The average molecular weight is 254 g/mol. The third-order valence-corrected chi connectivity index (χ3v) is 4.73. The summed E-state index contributed by atoms with van der Waals surface area (Å²) in [6.07, 6.45) is 5.43. The van der Waals surface area contributed by atoms with Gasteiger partial charge in [-0.2, -0.15) is 0 Å². The molecule has 0 saturated carbocycles. The first-order valence-corrected chi connectivity index (χ1v) is 8.00. The highest BCUT2D eigenvalue weighted by Crippen LogP contribution is 2.11. The van der Waals surface area contributed by atoms with Crippen LogP contribution in [0, 0.1) is 0 Å². The number of hydrogen-bond acceptors (Lipinski definition) is 2. The SMILES string of the molecule is CCCn1cccc1CNC1CCS(=O)CC1. The summed E-state index contributed by atoms with van der Waals surface area (Å²) in [5, 5.41) is 3.59. The van der Waals surface area contributed by atoms with Gasteiger partial charge in [-0.05, 0) is 31.4 Å². The van der Waals surface area contributed by atoms with Crippen LogP contribution in [0.1, 0.15) is 31.9 Å². The first kappa shape index (κ1) is 12.8. The summed E-state index contributed by atoms with van der Waals surface area (Å²) in [6.45, 7) is 4.23. The molecule has 0 amide bonds. The average Bonchev–Trinajstić information content (AvgIpc) is 2.77. The second-order valence-corrected chi connectivity index (χ2v) is 6.39. The van der Waals surface area contributed by atoms with E-state index in [2.05, 4.69) is 35.1 Å². The summed E-state index contributed by atoms with van der Waals surface area (Å²) >= 11 is 0. The summed E-state index contributed by atoms with van der Waals surface area (Å²) in [7, 11) is -0.554. The molecule has 1 aromatic rings. The molecule has 1 saturated heterocycles. The lowest BCUT2D eigenvalue weighted by molar-refractivity contribution is 0.463. The molecule has 0 spiro atoms. The van der Waals surface area contributed by atoms with E-state index in [-0.39, 0.29) is 0 Å². The molecule has 2 rings (SSSR count). The number of aryl methyl sites for hydroxylation is 1. The van der Waals surface area contributed by atoms with Gasteiger partial charge in [-0.25, -0.2) is 0 Å². The molecule has 1 fully saturated rings. The highest BCUT2D eigenvalue weighted by molar-refractivity contribution is 7.85. The van der Waals surface area contributed by atoms with Crippen molar-refractivity contribution >= 4 is 10.8 Å². The zero-order chi connectivity index (χ0) is 12.1. The number of hydrogen-bond donors (Lipinski definition) is 1. The maximum absolute atomic E-state index is 11.3. The highest BCUT2D eigenvalue weighted by atomic mass is 32.2. The van der Waals surface area contributed by atoms with Crippen LogP contribution < -0.4 is 5.32 Å². The van der Waals surface area contributed by atoms with Crippen molar-refractivity contribution in [2.45, 2.75) is 45.3 Å². The minimum atomic E-state index is -0.554. The van der Waals surface area contributed by atoms with Crippen LogP contribution in [-0.2, 0) is 23.9 Å². The van der Waals surface area contributed by atoms with E-state index in [9.17, 15) is 4.21 Å². The first-order chi connectivity index (χ1) is 8.29. The molecule has 0 radical (unpaired) electrons. The molecule has 0 aromatic carbocycles. The molecule has 2 heterocycles. The Labute approximate surface area is 106 Å². The van der Waals surface area contributed by atoms with Gasteiger partial charge in [0.05, 0.1) is 0 Å². The fourth-order valence-corrected chi connectivity index (χ4v) is 3.61. The third kappa shape index (κ3) is 3.68. The number of nitrogens with zero attached hydrogens (tertiary/aromatic N) is 1. The van der Waals surface area contributed by atoms with Crippen LogP contribution in [0.4, 0.5) is 0 Å². The Balaban J connectivity index is 1.81. The highest BCUT2D eigenvalue weighted by Gasteiger charge is 2.17. The predicted octanol–water partition coefficient (Wildman–Crippen LogP) is 1.90. The Morgan fingerprint density at radius 2 is 2.24 bits per heavy atom. The van der Waals surface area contributed by atoms with Crippen molar-refractivity contribution in [2.75, 3.05) is 11.5 Å². The Kier molecular flexibility index (Phi) is 4.80. The Hall–Kier alpha value is -0.610. The molecule has 1 N–H and O–H groups in total. The van der Waals surface area contributed by atoms with E-state index in [0.29, 0.717) is 6.04 Å². The van der Waals surface area contributed by atoms with Gasteiger partial charge in [-0.15, -0.1) is 0 Å². The number of rotatable bonds is 5. The van der Waals surface area contributed by atoms with Gasteiger partial charge in [0.1, 0.15) is 0 Å². The lowest BCUT2D eigenvalue weighted by Gasteiger charge is -2.23. The smallest absolute Gasteiger partial charge is 0.0361 e. The molecule has 17 heavy (non-hydrogen) atoms. The molecule has 3 nitrogen and oxygen atoms in total. The van der Waals surface area contributed by atoms with E-state index in [4.69, 9.17) is 0 Å². The molecule has 0 bridgehead atoms. The second kappa shape index (κ2) is 6.36. The Morgan fingerprint density at radius 3 is 2.94 bits per heavy atom. The van der Waals surface area contributed by atoms with Crippen molar-refractivity contribution in [1.29, 1.82) is 0 Å². The van der Waals surface area contributed by atoms with Crippen molar-refractivity contribution in [3.05, 3.63) is 24.0 Å². The molecule has 0 aliphatic carbocycles. The van der Waals surface area contributed by atoms with Crippen LogP contribution >= 0.6 is 0 Å². The number of nitrogens with one attached hydrogen (secondary N) is 1. The maximum Gasteiger partial charge on any atom is 0.0361 e. The zero-order valence-electron chi connectivity index (χ0n) is 10.5. The summed E-state index contributed by atoms with van der Waals surface area (Å²) in [4.78, 5) is 0. The van der Waals surface area contributed by atoms with E-state index < -0.39 is 10.8 Å². The van der Waals surface area contributed by atoms with E-state index >= 15 is 0 Å². The molecule has 4 heteroatoms. The van der Waals surface area contributed by atoms with Gasteiger partial charge in [0, 0.05) is 53.3 Å². The van der Waals surface area contributed by atoms with Crippen LogP contribution in [0.15, 0.2) is 18.3 Å². The zero-order valence-corrected chi connectivity index (χ0v) is 11.3.